The first-order valence-electron chi connectivity index (χ1n) is 8.10. The molecule has 1 aromatic carbocycles. The Balaban J connectivity index is 1.71. The molecule has 2 aliphatic rings. The van der Waals surface area contributed by atoms with Crippen molar-refractivity contribution >= 4 is 11.9 Å². The molecule has 7 heteroatoms. The summed E-state index contributed by atoms with van der Waals surface area (Å²) in [7, 11) is 0. The third kappa shape index (κ3) is 3.73. The highest BCUT2D eigenvalue weighted by molar-refractivity contribution is 5.83. The first-order chi connectivity index (χ1) is 11.5. The average molecular weight is 337 g/mol. The Labute approximate surface area is 138 Å². The van der Waals surface area contributed by atoms with E-state index < -0.39 is 24.2 Å². The van der Waals surface area contributed by atoms with E-state index in [2.05, 4.69) is 5.32 Å². The van der Waals surface area contributed by atoms with Crippen molar-refractivity contribution in [3.63, 3.8) is 0 Å². The quantitative estimate of drug-likeness (QED) is 0.856. The maximum atomic E-state index is 13.2. The molecule has 130 valence electrons. The lowest BCUT2D eigenvalue weighted by Crippen LogP contribution is -2.42. The number of benzene rings is 1. The van der Waals surface area contributed by atoms with Gasteiger partial charge in [-0.2, -0.15) is 0 Å². The number of carbonyl (C=O) groups is 2. The zero-order chi connectivity index (χ0) is 17.1. The maximum Gasteiger partial charge on any atom is 0.332 e. The largest absolute Gasteiger partial charge is 0.479 e. The van der Waals surface area contributed by atoms with E-state index in [9.17, 15) is 14.0 Å². The number of carbonyl (C=O) groups excluding carboxylic acids is 1. The van der Waals surface area contributed by atoms with E-state index in [1.54, 1.807) is 12.1 Å². The lowest BCUT2D eigenvalue weighted by molar-refractivity contribution is -0.152. The fourth-order valence-corrected chi connectivity index (χ4v) is 3.18. The molecule has 2 N–H and O–H groups in total. The second kappa shape index (κ2) is 7.27. The molecule has 6 nitrogen and oxygen atoms in total. The topological polar surface area (TPSA) is 84.9 Å². The van der Waals surface area contributed by atoms with E-state index in [0.717, 1.165) is 18.4 Å². The van der Waals surface area contributed by atoms with Crippen LogP contribution < -0.4 is 5.32 Å². The summed E-state index contributed by atoms with van der Waals surface area (Å²) in [6, 6.07) is 5.52. The Hall–Kier alpha value is -1.99. The molecule has 2 fully saturated rings. The number of rotatable bonds is 5. The van der Waals surface area contributed by atoms with Gasteiger partial charge in [0.1, 0.15) is 11.9 Å². The summed E-state index contributed by atoms with van der Waals surface area (Å²) >= 11 is 0. The molecule has 2 saturated heterocycles. The Bertz CT molecular complexity index is 600. The normalized spacial score (nSPS) is 27.8. The van der Waals surface area contributed by atoms with Crippen LogP contribution in [0.2, 0.25) is 0 Å². The zero-order valence-corrected chi connectivity index (χ0v) is 13.1. The Morgan fingerprint density at radius 1 is 1.17 bits per heavy atom. The number of amides is 1. The number of ether oxygens (including phenoxy) is 2. The number of nitrogens with one attached hydrogen (secondary N) is 1. The zero-order valence-electron chi connectivity index (χ0n) is 13.1. The molecule has 0 bridgehead atoms. The number of carboxylic acid groups (broad SMARTS) is 1. The SMILES string of the molecule is O=C(NC(c1ccc(F)cc1)C1CCCO1)[C@@H]1CC[C@H](C(=O)O)O1. The minimum absolute atomic E-state index is 0.184. The highest BCUT2D eigenvalue weighted by Crippen LogP contribution is 2.28. The third-order valence-electron chi connectivity index (χ3n) is 4.45. The van der Waals surface area contributed by atoms with E-state index in [4.69, 9.17) is 14.6 Å². The van der Waals surface area contributed by atoms with Crippen molar-refractivity contribution in [1.82, 2.24) is 5.32 Å². The van der Waals surface area contributed by atoms with Crippen molar-refractivity contribution in [1.29, 1.82) is 0 Å². The fraction of sp³-hybridized carbons (Fsp3) is 0.529. The van der Waals surface area contributed by atoms with Crippen LogP contribution in [0.1, 0.15) is 37.3 Å². The first-order valence-corrected chi connectivity index (χ1v) is 8.10. The maximum absolute atomic E-state index is 13.2. The van der Waals surface area contributed by atoms with Gasteiger partial charge in [0.25, 0.3) is 0 Å². The number of aliphatic carboxylic acids is 1. The number of halogens is 1. The van der Waals surface area contributed by atoms with Gasteiger partial charge in [0, 0.05) is 6.61 Å². The molecule has 1 amide bonds. The highest BCUT2D eigenvalue weighted by atomic mass is 19.1. The summed E-state index contributed by atoms with van der Waals surface area (Å²) in [5, 5.41) is 11.9. The van der Waals surface area contributed by atoms with Crippen molar-refractivity contribution in [2.75, 3.05) is 6.61 Å². The monoisotopic (exact) mass is 337 g/mol. The number of hydrogen-bond donors (Lipinski definition) is 2. The minimum atomic E-state index is -1.06. The molecular formula is C17H20FNO5. The van der Waals surface area contributed by atoms with E-state index in [-0.39, 0.29) is 17.8 Å². The molecule has 1 aromatic rings. The number of carboxylic acids is 1. The lowest BCUT2D eigenvalue weighted by atomic mass is 9.98. The summed E-state index contributed by atoms with van der Waals surface area (Å²) in [5.74, 6) is -1.76. The summed E-state index contributed by atoms with van der Waals surface area (Å²) < 4.78 is 24.1. The van der Waals surface area contributed by atoms with Gasteiger partial charge in [-0.1, -0.05) is 12.1 Å². The third-order valence-corrected chi connectivity index (χ3v) is 4.45. The molecule has 24 heavy (non-hydrogen) atoms. The predicted octanol–water partition coefficient (Wildman–Crippen LogP) is 1.79. The Morgan fingerprint density at radius 3 is 2.46 bits per heavy atom. The smallest absolute Gasteiger partial charge is 0.332 e. The molecule has 0 radical (unpaired) electrons. The minimum Gasteiger partial charge on any atom is -0.479 e. The van der Waals surface area contributed by atoms with Crippen LogP contribution in [0.4, 0.5) is 4.39 Å². The van der Waals surface area contributed by atoms with Crippen LogP contribution in [0.25, 0.3) is 0 Å². The Kier molecular flexibility index (Phi) is 5.11. The van der Waals surface area contributed by atoms with Crippen molar-refractivity contribution in [3.05, 3.63) is 35.6 Å². The van der Waals surface area contributed by atoms with Crippen LogP contribution in [0, 0.1) is 5.82 Å². The van der Waals surface area contributed by atoms with Gasteiger partial charge >= 0.3 is 5.97 Å². The standard InChI is InChI=1S/C17H20FNO5/c18-11-5-3-10(4-6-11)15(12-2-1-9-23-12)19-16(20)13-7-8-14(24-13)17(21)22/h3-6,12-15H,1-2,7-9H2,(H,19,20)(H,21,22)/t12?,13-,14+,15?/m0/s1. The van der Waals surface area contributed by atoms with Gasteiger partial charge in [-0.15, -0.1) is 0 Å². The first kappa shape index (κ1) is 16.9. The van der Waals surface area contributed by atoms with Gasteiger partial charge in [0.15, 0.2) is 6.10 Å². The van der Waals surface area contributed by atoms with Gasteiger partial charge in [-0.05, 0) is 43.4 Å². The van der Waals surface area contributed by atoms with E-state index in [1.807, 2.05) is 0 Å². The lowest BCUT2D eigenvalue weighted by Gasteiger charge is -2.26. The molecule has 0 aliphatic carbocycles. The molecule has 0 saturated carbocycles. The summed E-state index contributed by atoms with van der Waals surface area (Å²) in [4.78, 5) is 23.4. The van der Waals surface area contributed by atoms with Crippen LogP contribution in [-0.4, -0.2) is 41.9 Å². The van der Waals surface area contributed by atoms with Crippen LogP contribution in [0.15, 0.2) is 24.3 Å². The second-order valence-corrected chi connectivity index (χ2v) is 6.12. The van der Waals surface area contributed by atoms with Crippen molar-refractivity contribution in [2.24, 2.45) is 0 Å². The van der Waals surface area contributed by atoms with Crippen LogP contribution >= 0.6 is 0 Å². The van der Waals surface area contributed by atoms with Crippen LogP contribution in [0.5, 0.6) is 0 Å². The number of hydrogen-bond acceptors (Lipinski definition) is 4. The van der Waals surface area contributed by atoms with E-state index in [0.29, 0.717) is 19.4 Å². The fourth-order valence-electron chi connectivity index (χ4n) is 3.18. The molecule has 2 aliphatic heterocycles. The summed E-state index contributed by atoms with van der Waals surface area (Å²) in [6.45, 7) is 0.624. The van der Waals surface area contributed by atoms with Gasteiger partial charge in [0.2, 0.25) is 5.91 Å². The molecule has 0 aromatic heterocycles. The Morgan fingerprint density at radius 2 is 1.88 bits per heavy atom. The second-order valence-electron chi connectivity index (χ2n) is 6.12. The molecule has 3 rings (SSSR count). The van der Waals surface area contributed by atoms with Gasteiger partial charge in [-0.3, -0.25) is 4.79 Å². The molecule has 2 unspecified atom stereocenters. The van der Waals surface area contributed by atoms with Gasteiger partial charge in [-0.25, -0.2) is 9.18 Å². The van der Waals surface area contributed by atoms with Crippen molar-refractivity contribution in [2.45, 2.75) is 50.0 Å². The molecule has 0 spiro atoms. The van der Waals surface area contributed by atoms with Crippen LogP contribution in [0.3, 0.4) is 0 Å². The van der Waals surface area contributed by atoms with E-state index in [1.165, 1.54) is 12.1 Å². The highest BCUT2D eigenvalue weighted by Gasteiger charge is 2.37. The van der Waals surface area contributed by atoms with Gasteiger partial charge in [0.05, 0.1) is 12.1 Å². The van der Waals surface area contributed by atoms with Gasteiger partial charge < -0.3 is 19.9 Å². The van der Waals surface area contributed by atoms with Crippen molar-refractivity contribution < 1.29 is 28.6 Å². The van der Waals surface area contributed by atoms with Crippen LogP contribution in [-0.2, 0) is 19.1 Å². The predicted molar refractivity (Wildman–Crippen MR) is 81.8 cm³/mol. The average Bonchev–Trinajstić information content (AvgIpc) is 3.25. The molecular weight excluding hydrogens is 317 g/mol. The summed E-state index contributed by atoms with van der Waals surface area (Å²) in [5.41, 5.74) is 0.754. The molecule has 2 heterocycles. The molecule has 4 atom stereocenters. The van der Waals surface area contributed by atoms with Crippen molar-refractivity contribution in [3.8, 4) is 0 Å². The summed E-state index contributed by atoms with van der Waals surface area (Å²) in [6.07, 6.45) is 0.475. The van der Waals surface area contributed by atoms with E-state index >= 15 is 0 Å².